The molecule has 0 aliphatic carbocycles. The molecule has 2 aromatic carbocycles. The Morgan fingerprint density at radius 2 is 1.89 bits per heavy atom. The molecule has 0 atom stereocenters. The largest absolute Gasteiger partial charge is 0.497 e. The molecule has 3 aromatic rings. The van der Waals surface area contributed by atoms with Crippen molar-refractivity contribution >= 4 is 20.9 Å². The zero-order valence-electron chi connectivity index (χ0n) is 15.1. The Kier molecular flexibility index (Phi) is 4.01. The molecule has 2 heterocycles. The van der Waals surface area contributed by atoms with Crippen LogP contribution in [0.1, 0.15) is 5.56 Å². The predicted molar refractivity (Wildman–Crippen MR) is 98.7 cm³/mol. The molecule has 142 valence electrons. The Morgan fingerprint density at radius 3 is 2.56 bits per heavy atom. The molecule has 0 spiro atoms. The van der Waals surface area contributed by atoms with Gasteiger partial charge < -0.3 is 9.64 Å². The summed E-state index contributed by atoms with van der Waals surface area (Å²) >= 11 is 0. The van der Waals surface area contributed by atoms with Crippen LogP contribution in [-0.4, -0.2) is 45.0 Å². The molecule has 0 radical (unpaired) electrons. The molecule has 5 nitrogen and oxygen atoms in total. The molecule has 0 bridgehead atoms. The fraction of sp³-hybridized carbons (Fsp3) is 0.263. The molecule has 27 heavy (non-hydrogen) atoms. The van der Waals surface area contributed by atoms with Crippen molar-refractivity contribution in [1.82, 2.24) is 8.87 Å². The minimum Gasteiger partial charge on any atom is -0.497 e. The summed E-state index contributed by atoms with van der Waals surface area (Å²) in [6, 6.07) is 6.74. The first kappa shape index (κ1) is 17.9. The lowest BCUT2D eigenvalue weighted by atomic mass is 10.0. The second kappa shape index (κ2) is 6.03. The first-order valence-corrected chi connectivity index (χ1v) is 9.80. The second-order valence-electron chi connectivity index (χ2n) is 6.80. The van der Waals surface area contributed by atoms with E-state index in [0.717, 1.165) is 15.6 Å². The number of likely N-dealkylation sites (N-methyl/N-ethyl adjacent to an activating group) is 1. The van der Waals surface area contributed by atoms with Crippen molar-refractivity contribution < 1.29 is 21.9 Å². The van der Waals surface area contributed by atoms with Crippen LogP contribution >= 0.6 is 0 Å². The lowest BCUT2D eigenvalue weighted by Crippen LogP contribution is -2.15. The van der Waals surface area contributed by atoms with Crippen LogP contribution in [0.4, 0.5) is 8.78 Å². The number of rotatable bonds is 4. The van der Waals surface area contributed by atoms with Crippen molar-refractivity contribution in [3.63, 3.8) is 0 Å². The third kappa shape index (κ3) is 2.55. The Labute approximate surface area is 155 Å². The fourth-order valence-corrected chi connectivity index (χ4v) is 5.42. The molecule has 0 unspecified atom stereocenters. The zero-order chi connectivity index (χ0) is 19.5. The minimum atomic E-state index is -4.16. The number of halogens is 2. The molecule has 1 aliphatic heterocycles. The van der Waals surface area contributed by atoms with Crippen LogP contribution in [-0.2, 0) is 16.4 Å². The predicted octanol–water partition coefficient (Wildman–Crippen LogP) is 3.25. The highest BCUT2D eigenvalue weighted by atomic mass is 32.2. The quantitative estimate of drug-likeness (QED) is 0.535. The van der Waals surface area contributed by atoms with Gasteiger partial charge in [-0.05, 0) is 50.3 Å². The molecule has 0 fully saturated rings. The molecule has 4 rings (SSSR count). The van der Waals surface area contributed by atoms with E-state index in [-0.39, 0.29) is 5.56 Å². The summed E-state index contributed by atoms with van der Waals surface area (Å²) < 4.78 is 60.9. The van der Waals surface area contributed by atoms with Gasteiger partial charge in [0.05, 0.1) is 18.3 Å². The maximum absolute atomic E-state index is 14.4. The molecule has 0 amide bonds. The molecule has 1 aromatic heterocycles. The average molecular weight is 392 g/mol. The lowest BCUT2D eigenvalue weighted by Gasteiger charge is -2.10. The van der Waals surface area contributed by atoms with E-state index in [0.29, 0.717) is 41.4 Å². The number of hydrogen-bond donors (Lipinski definition) is 0. The summed E-state index contributed by atoms with van der Waals surface area (Å²) in [5.41, 5.74) is 1.55. The van der Waals surface area contributed by atoms with Gasteiger partial charge in [0.25, 0.3) is 10.0 Å². The van der Waals surface area contributed by atoms with E-state index < -0.39 is 26.6 Å². The number of hydrogen-bond acceptors (Lipinski definition) is 4. The van der Waals surface area contributed by atoms with Gasteiger partial charge in [0, 0.05) is 23.6 Å². The summed E-state index contributed by atoms with van der Waals surface area (Å²) in [5.74, 6) is -1.30. The second-order valence-corrected chi connectivity index (χ2v) is 8.52. The van der Waals surface area contributed by atoms with Crippen LogP contribution in [0.15, 0.2) is 35.2 Å². The number of ether oxygens (including phenoxy) is 1. The molecule has 0 saturated heterocycles. The van der Waals surface area contributed by atoms with Gasteiger partial charge in [0.2, 0.25) is 0 Å². The molecule has 0 saturated carbocycles. The van der Waals surface area contributed by atoms with Crippen LogP contribution < -0.4 is 4.74 Å². The lowest BCUT2D eigenvalue weighted by molar-refractivity contribution is 0.413. The first-order valence-electron chi connectivity index (χ1n) is 8.36. The highest BCUT2D eigenvalue weighted by Gasteiger charge is 2.40. The van der Waals surface area contributed by atoms with Crippen LogP contribution in [0, 0.1) is 11.6 Å². The summed E-state index contributed by atoms with van der Waals surface area (Å²) in [5, 5.41) is 0.699. The van der Waals surface area contributed by atoms with E-state index in [1.165, 1.54) is 7.11 Å². The van der Waals surface area contributed by atoms with Gasteiger partial charge in [-0.3, -0.25) is 0 Å². The monoisotopic (exact) mass is 392 g/mol. The Hall–Kier alpha value is -2.45. The van der Waals surface area contributed by atoms with Crippen molar-refractivity contribution in [1.29, 1.82) is 0 Å². The van der Waals surface area contributed by atoms with Gasteiger partial charge >= 0.3 is 0 Å². The molecule has 0 N–H and O–H groups in total. The van der Waals surface area contributed by atoms with E-state index in [9.17, 15) is 17.2 Å². The van der Waals surface area contributed by atoms with Crippen LogP contribution in [0.2, 0.25) is 0 Å². The Balaban J connectivity index is 2.13. The fourth-order valence-electron chi connectivity index (χ4n) is 3.63. The molecule has 1 aliphatic rings. The number of aromatic nitrogens is 1. The Bertz CT molecular complexity index is 1180. The topological polar surface area (TPSA) is 51.5 Å². The first-order chi connectivity index (χ1) is 12.8. The van der Waals surface area contributed by atoms with E-state index in [1.54, 1.807) is 18.2 Å². The number of nitrogens with zero attached hydrogens (tertiary/aromatic N) is 2. The van der Waals surface area contributed by atoms with E-state index in [1.807, 2.05) is 19.0 Å². The van der Waals surface area contributed by atoms with Gasteiger partial charge in [-0.1, -0.05) is 0 Å². The van der Waals surface area contributed by atoms with Crippen molar-refractivity contribution in [3.8, 4) is 17.0 Å². The van der Waals surface area contributed by atoms with Crippen molar-refractivity contribution in [2.45, 2.75) is 11.3 Å². The molecular formula is C19H18F2N2O3S. The normalized spacial score (nSPS) is 14.6. The van der Waals surface area contributed by atoms with Crippen LogP contribution in [0.25, 0.3) is 22.2 Å². The highest BCUT2D eigenvalue weighted by molar-refractivity contribution is 7.90. The van der Waals surface area contributed by atoms with Gasteiger partial charge in [0.1, 0.15) is 22.3 Å². The van der Waals surface area contributed by atoms with Crippen LogP contribution in [0.3, 0.4) is 0 Å². The summed E-state index contributed by atoms with van der Waals surface area (Å²) in [6.07, 6.45) is 0.520. The van der Waals surface area contributed by atoms with Gasteiger partial charge in [-0.2, -0.15) is 0 Å². The maximum Gasteiger partial charge on any atom is 0.272 e. The zero-order valence-corrected chi connectivity index (χ0v) is 15.9. The van der Waals surface area contributed by atoms with Crippen molar-refractivity contribution in [3.05, 3.63) is 47.5 Å². The molecule has 8 heteroatoms. The third-order valence-corrected chi connectivity index (χ3v) is 6.60. The number of benzene rings is 2. The summed E-state index contributed by atoms with van der Waals surface area (Å²) in [4.78, 5) is 1.50. The van der Waals surface area contributed by atoms with E-state index in [4.69, 9.17) is 4.74 Å². The number of methoxy groups -OCH3 is 1. The molecular weight excluding hydrogens is 374 g/mol. The minimum absolute atomic E-state index is 0.0661. The highest BCUT2D eigenvalue weighted by Crippen LogP contribution is 2.46. The average Bonchev–Trinajstić information content (AvgIpc) is 3.03. The van der Waals surface area contributed by atoms with E-state index in [2.05, 4.69) is 0 Å². The third-order valence-electron chi connectivity index (χ3n) is 4.81. The van der Waals surface area contributed by atoms with Gasteiger partial charge in [0.15, 0.2) is 0 Å². The van der Waals surface area contributed by atoms with Gasteiger partial charge in [-0.25, -0.2) is 21.2 Å². The maximum atomic E-state index is 14.4. The summed E-state index contributed by atoms with van der Waals surface area (Å²) in [6.45, 7) is 0.649. The smallest absolute Gasteiger partial charge is 0.272 e. The Morgan fingerprint density at radius 1 is 1.15 bits per heavy atom. The van der Waals surface area contributed by atoms with E-state index >= 15 is 0 Å². The standard InChI is InChI=1S/C19H18F2N2O3S/c1-22(2)7-6-13-14-10-12(26-3)4-5-17(14)23-18(13)15-8-11(20)9-16(21)19(15)27(23,24)25/h4-5,8-10H,6-7H2,1-3H3. The SMILES string of the molecule is COc1ccc2c(c1)c(CCN(C)C)c1n2S(=O)(=O)c2c(F)cc(F)cc2-1. The number of fused-ring (bicyclic) bond motifs is 5. The van der Waals surface area contributed by atoms with Crippen molar-refractivity contribution in [2.75, 3.05) is 27.7 Å². The van der Waals surface area contributed by atoms with Crippen molar-refractivity contribution in [2.24, 2.45) is 0 Å². The summed E-state index contributed by atoms with van der Waals surface area (Å²) in [7, 11) is 1.19. The van der Waals surface area contributed by atoms with Gasteiger partial charge in [-0.15, -0.1) is 0 Å². The van der Waals surface area contributed by atoms with Crippen LogP contribution in [0.5, 0.6) is 5.75 Å².